The molecule has 0 bridgehead atoms. The highest BCUT2D eigenvalue weighted by molar-refractivity contribution is 5.33. The molecule has 88 valence electrons. The molecular formula is C16H18O. The van der Waals surface area contributed by atoms with Crippen molar-refractivity contribution in [3.05, 3.63) is 71.8 Å². The predicted molar refractivity (Wildman–Crippen MR) is 71.2 cm³/mol. The summed E-state index contributed by atoms with van der Waals surface area (Å²) in [5.74, 6) is 0.294. The molecule has 0 aliphatic rings. The second kappa shape index (κ2) is 5.65. The fourth-order valence-electron chi connectivity index (χ4n) is 2.19. The van der Waals surface area contributed by atoms with E-state index in [1.165, 1.54) is 11.1 Å². The van der Waals surface area contributed by atoms with Crippen LogP contribution in [0.1, 0.15) is 24.0 Å². The summed E-state index contributed by atoms with van der Waals surface area (Å²) < 4.78 is 5.52. The van der Waals surface area contributed by atoms with E-state index in [4.69, 9.17) is 4.74 Å². The fraction of sp³-hybridized carbons (Fsp3) is 0.250. The normalized spacial score (nSPS) is 12.6. The molecule has 0 aromatic heterocycles. The third-order valence-electron chi connectivity index (χ3n) is 3.16. The molecule has 17 heavy (non-hydrogen) atoms. The molecule has 0 heterocycles. The lowest BCUT2D eigenvalue weighted by atomic mass is 9.87. The molecule has 2 aromatic rings. The van der Waals surface area contributed by atoms with Gasteiger partial charge in [0.2, 0.25) is 0 Å². The average Bonchev–Trinajstić information content (AvgIpc) is 2.41. The minimum atomic E-state index is 0.166. The van der Waals surface area contributed by atoms with E-state index in [1.807, 2.05) is 12.1 Å². The number of ether oxygens (including phenoxy) is 1. The molecule has 1 nitrogen and oxygen atoms in total. The molecule has 0 spiro atoms. The number of methoxy groups -OCH3 is 1. The summed E-state index contributed by atoms with van der Waals surface area (Å²) in [5, 5.41) is 0. The van der Waals surface area contributed by atoms with E-state index in [2.05, 4.69) is 55.5 Å². The van der Waals surface area contributed by atoms with Crippen LogP contribution in [0.5, 0.6) is 0 Å². The first-order valence-corrected chi connectivity index (χ1v) is 5.95. The molecule has 0 aliphatic heterocycles. The molecule has 2 aromatic carbocycles. The molecule has 0 N–H and O–H groups in total. The molecule has 0 radical (unpaired) electrons. The second-order valence-corrected chi connectivity index (χ2v) is 4.24. The van der Waals surface area contributed by atoms with Crippen LogP contribution in [-0.2, 0) is 4.74 Å². The summed E-state index contributed by atoms with van der Waals surface area (Å²) in [6, 6.07) is 21.0. The van der Waals surface area contributed by atoms with Gasteiger partial charge in [-0.05, 0) is 18.1 Å². The third-order valence-corrected chi connectivity index (χ3v) is 3.16. The van der Waals surface area contributed by atoms with Gasteiger partial charge in [-0.15, -0.1) is 0 Å². The van der Waals surface area contributed by atoms with Gasteiger partial charge in [-0.2, -0.15) is 0 Å². The van der Waals surface area contributed by atoms with Gasteiger partial charge in [-0.3, -0.25) is 0 Å². The first-order chi connectivity index (χ1) is 8.33. The summed E-state index contributed by atoms with van der Waals surface area (Å²) >= 11 is 0. The van der Waals surface area contributed by atoms with E-state index < -0.39 is 0 Å². The SMILES string of the molecule is COC(C)C(c1ccccc1)c1ccccc1. The van der Waals surface area contributed by atoms with Crippen molar-refractivity contribution in [3.8, 4) is 0 Å². The van der Waals surface area contributed by atoms with Crippen LogP contribution in [0.15, 0.2) is 60.7 Å². The molecule has 1 heteroatoms. The van der Waals surface area contributed by atoms with Crippen LogP contribution >= 0.6 is 0 Å². The van der Waals surface area contributed by atoms with Gasteiger partial charge in [0, 0.05) is 13.0 Å². The highest BCUT2D eigenvalue weighted by Crippen LogP contribution is 2.29. The Morgan fingerprint density at radius 3 is 1.53 bits per heavy atom. The first-order valence-electron chi connectivity index (χ1n) is 5.95. The zero-order valence-corrected chi connectivity index (χ0v) is 10.3. The van der Waals surface area contributed by atoms with Crippen molar-refractivity contribution in [1.29, 1.82) is 0 Å². The van der Waals surface area contributed by atoms with Crippen LogP contribution < -0.4 is 0 Å². The first kappa shape index (κ1) is 11.9. The minimum absolute atomic E-state index is 0.166. The van der Waals surface area contributed by atoms with Crippen LogP contribution in [0.3, 0.4) is 0 Å². The summed E-state index contributed by atoms with van der Waals surface area (Å²) in [4.78, 5) is 0. The summed E-state index contributed by atoms with van der Waals surface area (Å²) in [6.45, 7) is 2.12. The van der Waals surface area contributed by atoms with Gasteiger partial charge in [0.1, 0.15) is 0 Å². The Morgan fingerprint density at radius 2 is 1.18 bits per heavy atom. The van der Waals surface area contributed by atoms with Crippen LogP contribution in [0, 0.1) is 0 Å². The van der Waals surface area contributed by atoms with Crippen LogP contribution in [-0.4, -0.2) is 13.2 Å². The number of benzene rings is 2. The molecule has 0 amide bonds. The van der Waals surface area contributed by atoms with E-state index >= 15 is 0 Å². The van der Waals surface area contributed by atoms with Crippen molar-refractivity contribution >= 4 is 0 Å². The van der Waals surface area contributed by atoms with Crippen LogP contribution in [0.2, 0.25) is 0 Å². The van der Waals surface area contributed by atoms with Gasteiger partial charge in [-0.1, -0.05) is 60.7 Å². The maximum Gasteiger partial charge on any atom is 0.0652 e. The molecule has 2 rings (SSSR count). The Labute approximate surface area is 103 Å². The van der Waals surface area contributed by atoms with Crippen molar-refractivity contribution < 1.29 is 4.74 Å². The lowest BCUT2D eigenvalue weighted by molar-refractivity contribution is 0.104. The third kappa shape index (κ3) is 2.75. The van der Waals surface area contributed by atoms with Gasteiger partial charge in [0.25, 0.3) is 0 Å². The summed E-state index contributed by atoms with van der Waals surface area (Å²) in [7, 11) is 1.77. The average molecular weight is 226 g/mol. The predicted octanol–water partition coefficient (Wildman–Crippen LogP) is 3.85. The lowest BCUT2D eigenvalue weighted by Gasteiger charge is -2.23. The molecule has 1 unspecified atom stereocenters. The van der Waals surface area contributed by atoms with Gasteiger partial charge in [0.15, 0.2) is 0 Å². The van der Waals surface area contributed by atoms with E-state index in [1.54, 1.807) is 7.11 Å². The number of rotatable bonds is 4. The quantitative estimate of drug-likeness (QED) is 0.769. The van der Waals surface area contributed by atoms with Gasteiger partial charge in [0.05, 0.1) is 6.10 Å². The van der Waals surface area contributed by atoms with Crippen molar-refractivity contribution in [3.63, 3.8) is 0 Å². The monoisotopic (exact) mass is 226 g/mol. The van der Waals surface area contributed by atoms with E-state index in [9.17, 15) is 0 Å². The van der Waals surface area contributed by atoms with E-state index in [0.29, 0.717) is 5.92 Å². The maximum absolute atomic E-state index is 5.52. The van der Waals surface area contributed by atoms with Crippen molar-refractivity contribution in [2.24, 2.45) is 0 Å². The smallest absolute Gasteiger partial charge is 0.0652 e. The van der Waals surface area contributed by atoms with Crippen molar-refractivity contribution in [1.82, 2.24) is 0 Å². The van der Waals surface area contributed by atoms with E-state index in [0.717, 1.165) is 0 Å². The second-order valence-electron chi connectivity index (χ2n) is 4.24. The summed E-state index contributed by atoms with van der Waals surface area (Å²) in [5.41, 5.74) is 2.60. The number of hydrogen-bond acceptors (Lipinski definition) is 1. The van der Waals surface area contributed by atoms with Gasteiger partial charge < -0.3 is 4.74 Å². The lowest BCUT2D eigenvalue weighted by Crippen LogP contribution is -2.18. The standard InChI is InChI=1S/C16H18O/c1-13(17-2)16(14-9-5-3-6-10-14)15-11-7-4-8-12-15/h3-13,16H,1-2H3. The Morgan fingerprint density at radius 1 is 0.765 bits per heavy atom. The summed E-state index contributed by atoms with van der Waals surface area (Å²) in [6.07, 6.45) is 0.166. The highest BCUT2D eigenvalue weighted by atomic mass is 16.5. The van der Waals surface area contributed by atoms with E-state index in [-0.39, 0.29) is 6.10 Å². The molecule has 0 saturated heterocycles. The molecular weight excluding hydrogens is 208 g/mol. The zero-order valence-electron chi connectivity index (χ0n) is 10.3. The van der Waals surface area contributed by atoms with Crippen molar-refractivity contribution in [2.45, 2.75) is 18.9 Å². The Hall–Kier alpha value is -1.60. The molecule has 0 aliphatic carbocycles. The Bertz CT molecular complexity index is 396. The van der Waals surface area contributed by atoms with Crippen LogP contribution in [0.4, 0.5) is 0 Å². The molecule has 0 fully saturated rings. The fourth-order valence-corrected chi connectivity index (χ4v) is 2.19. The van der Waals surface area contributed by atoms with Crippen LogP contribution in [0.25, 0.3) is 0 Å². The zero-order chi connectivity index (χ0) is 12.1. The van der Waals surface area contributed by atoms with Gasteiger partial charge in [-0.25, -0.2) is 0 Å². The molecule has 1 atom stereocenters. The minimum Gasteiger partial charge on any atom is -0.381 e. The maximum atomic E-state index is 5.52. The molecule has 0 saturated carbocycles. The Kier molecular flexibility index (Phi) is 3.94. The van der Waals surface area contributed by atoms with Gasteiger partial charge >= 0.3 is 0 Å². The number of hydrogen-bond donors (Lipinski definition) is 0. The Balaban J connectivity index is 2.39. The van der Waals surface area contributed by atoms with Crippen molar-refractivity contribution in [2.75, 3.05) is 7.11 Å². The highest BCUT2D eigenvalue weighted by Gasteiger charge is 2.20. The largest absolute Gasteiger partial charge is 0.381 e. The topological polar surface area (TPSA) is 9.23 Å².